The van der Waals surface area contributed by atoms with Crippen molar-refractivity contribution in [3.05, 3.63) is 29.8 Å². The second kappa shape index (κ2) is 7.54. The third kappa shape index (κ3) is 4.53. The van der Waals surface area contributed by atoms with Crippen LogP contribution in [-0.4, -0.2) is 76.9 Å². The summed E-state index contributed by atoms with van der Waals surface area (Å²) in [6.45, 7) is 0.341. The number of likely N-dealkylation sites (tertiary alicyclic amines) is 1. The molecule has 27 heavy (non-hydrogen) atoms. The standard InChI is InChI=1S/C18H24F4N2O3/c19-17(11-23-9-14(25)16(27)15(26)10-23)5-7-24(8-6-17)13-4-2-1-3-12(13)18(20,21)22/h1-4,14-16,25-27H,5-11H2/t14-,15+,16?. The van der Waals surface area contributed by atoms with Crippen molar-refractivity contribution in [2.45, 2.75) is 43.0 Å². The van der Waals surface area contributed by atoms with Crippen molar-refractivity contribution < 1.29 is 32.9 Å². The predicted octanol–water partition coefficient (Wildman–Crippen LogP) is 1.41. The first-order chi connectivity index (χ1) is 12.6. The lowest BCUT2D eigenvalue weighted by atomic mass is 9.90. The number of β-amino-alcohol motifs (C(OH)–C–C–N with tert-alkyl or cyclic N) is 2. The summed E-state index contributed by atoms with van der Waals surface area (Å²) < 4.78 is 54.8. The minimum atomic E-state index is -4.47. The van der Waals surface area contributed by atoms with Gasteiger partial charge in [0.05, 0.1) is 17.8 Å². The Hall–Kier alpha value is -1.42. The fourth-order valence-electron chi connectivity index (χ4n) is 3.90. The van der Waals surface area contributed by atoms with Gasteiger partial charge in [-0.1, -0.05) is 12.1 Å². The maximum absolute atomic E-state index is 15.2. The first-order valence-corrected chi connectivity index (χ1v) is 8.96. The van der Waals surface area contributed by atoms with E-state index in [-0.39, 0.29) is 51.3 Å². The smallest absolute Gasteiger partial charge is 0.389 e. The van der Waals surface area contributed by atoms with E-state index in [1.807, 2.05) is 0 Å². The van der Waals surface area contributed by atoms with Gasteiger partial charge in [-0.05, 0) is 12.1 Å². The van der Waals surface area contributed by atoms with Gasteiger partial charge in [-0.15, -0.1) is 0 Å². The largest absolute Gasteiger partial charge is 0.418 e. The fraction of sp³-hybridized carbons (Fsp3) is 0.667. The zero-order chi connectivity index (χ0) is 19.8. The number of hydrogen-bond donors (Lipinski definition) is 3. The minimum absolute atomic E-state index is 0.0391. The van der Waals surface area contributed by atoms with Gasteiger partial charge in [0.15, 0.2) is 0 Å². The first kappa shape index (κ1) is 20.3. The van der Waals surface area contributed by atoms with Gasteiger partial charge in [-0.2, -0.15) is 13.2 Å². The molecular formula is C18H24F4N2O3. The average Bonchev–Trinajstić information content (AvgIpc) is 2.59. The molecule has 1 aromatic rings. The van der Waals surface area contributed by atoms with Crippen LogP contribution in [0.1, 0.15) is 18.4 Å². The van der Waals surface area contributed by atoms with Crippen molar-refractivity contribution in [1.29, 1.82) is 0 Å². The van der Waals surface area contributed by atoms with Crippen molar-refractivity contribution in [2.75, 3.05) is 37.6 Å². The second-order valence-electron chi connectivity index (χ2n) is 7.47. The van der Waals surface area contributed by atoms with Gasteiger partial charge in [-0.3, -0.25) is 4.90 Å². The van der Waals surface area contributed by atoms with E-state index in [1.54, 1.807) is 9.80 Å². The molecule has 0 radical (unpaired) electrons. The molecule has 3 rings (SSSR count). The van der Waals surface area contributed by atoms with Gasteiger partial charge >= 0.3 is 6.18 Å². The Morgan fingerprint density at radius 1 is 1.00 bits per heavy atom. The minimum Gasteiger partial charge on any atom is -0.389 e. The molecule has 2 heterocycles. The zero-order valence-electron chi connectivity index (χ0n) is 14.7. The fourth-order valence-corrected chi connectivity index (χ4v) is 3.90. The van der Waals surface area contributed by atoms with Crippen LogP contribution in [0.5, 0.6) is 0 Å². The number of hydrogen-bond acceptors (Lipinski definition) is 5. The predicted molar refractivity (Wildman–Crippen MR) is 91.2 cm³/mol. The lowest BCUT2D eigenvalue weighted by Gasteiger charge is -2.43. The first-order valence-electron chi connectivity index (χ1n) is 8.96. The van der Waals surface area contributed by atoms with Gasteiger partial charge in [0.2, 0.25) is 0 Å². The molecule has 1 unspecified atom stereocenters. The van der Waals surface area contributed by atoms with E-state index in [4.69, 9.17) is 0 Å². The van der Waals surface area contributed by atoms with Gasteiger partial charge in [0.25, 0.3) is 0 Å². The zero-order valence-corrected chi connectivity index (χ0v) is 14.7. The summed E-state index contributed by atoms with van der Waals surface area (Å²) in [4.78, 5) is 3.10. The van der Waals surface area contributed by atoms with Crippen LogP contribution in [0.4, 0.5) is 23.2 Å². The molecule has 1 aromatic carbocycles. The molecule has 5 nitrogen and oxygen atoms in total. The summed E-state index contributed by atoms with van der Waals surface area (Å²) in [5, 5.41) is 29.0. The molecule has 152 valence electrons. The van der Waals surface area contributed by atoms with E-state index >= 15 is 4.39 Å². The van der Waals surface area contributed by atoms with E-state index in [0.29, 0.717) is 0 Å². The van der Waals surface area contributed by atoms with Crippen LogP contribution < -0.4 is 4.90 Å². The van der Waals surface area contributed by atoms with Gasteiger partial charge in [0.1, 0.15) is 11.8 Å². The highest BCUT2D eigenvalue weighted by molar-refractivity contribution is 5.55. The Bertz CT molecular complexity index is 638. The highest BCUT2D eigenvalue weighted by atomic mass is 19.4. The molecule has 2 aliphatic rings. The van der Waals surface area contributed by atoms with E-state index in [0.717, 1.165) is 6.07 Å². The summed E-state index contributed by atoms with van der Waals surface area (Å²) in [6.07, 6.45) is -7.94. The number of anilines is 1. The third-order valence-corrected chi connectivity index (χ3v) is 5.40. The Balaban J connectivity index is 1.64. The van der Waals surface area contributed by atoms with Gasteiger partial charge in [-0.25, -0.2) is 4.39 Å². The molecule has 0 aliphatic carbocycles. The van der Waals surface area contributed by atoms with E-state index < -0.39 is 35.7 Å². The maximum atomic E-state index is 15.2. The number of alkyl halides is 4. The highest BCUT2D eigenvalue weighted by Crippen LogP contribution is 2.39. The quantitative estimate of drug-likeness (QED) is 0.679. The Labute approximate surface area is 154 Å². The third-order valence-electron chi connectivity index (χ3n) is 5.40. The average molecular weight is 392 g/mol. The van der Waals surface area contributed by atoms with Gasteiger partial charge < -0.3 is 20.2 Å². The topological polar surface area (TPSA) is 67.2 Å². The van der Waals surface area contributed by atoms with Crippen LogP contribution in [-0.2, 0) is 6.18 Å². The van der Waals surface area contributed by atoms with Crippen molar-refractivity contribution in [2.24, 2.45) is 0 Å². The number of nitrogens with zero attached hydrogens (tertiary/aromatic N) is 2. The maximum Gasteiger partial charge on any atom is 0.418 e. The molecule has 0 bridgehead atoms. The molecule has 0 aromatic heterocycles. The summed E-state index contributed by atoms with van der Waals surface area (Å²) >= 11 is 0. The van der Waals surface area contributed by atoms with Crippen LogP contribution in [0.15, 0.2) is 24.3 Å². The van der Waals surface area contributed by atoms with Crippen LogP contribution in [0.3, 0.4) is 0 Å². The number of halogens is 4. The normalized spacial score (nSPS) is 29.7. The Kier molecular flexibility index (Phi) is 5.67. The van der Waals surface area contributed by atoms with Crippen LogP contribution in [0.2, 0.25) is 0 Å². The number of aliphatic hydroxyl groups is 3. The molecule has 0 saturated carbocycles. The van der Waals surface area contributed by atoms with Crippen molar-refractivity contribution in [3.8, 4) is 0 Å². The van der Waals surface area contributed by atoms with E-state index in [9.17, 15) is 28.5 Å². The molecule has 2 fully saturated rings. The van der Waals surface area contributed by atoms with E-state index in [1.165, 1.54) is 18.2 Å². The number of para-hydroxylation sites is 1. The lowest BCUT2D eigenvalue weighted by Crippen LogP contribution is -2.58. The Morgan fingerprint density at radius 2 is 1.56 bits per heavy atom. The van der Waals surface area contributed by atoms with Crippen molar-refractivity contribution >= 4 is 5.69 Å². The van der Waals surface area contributed by atoms with E-state index in [2.05, 4.69) is 0 Å². The lowest BCUT2D eigenvalue weighted by molar-refractivity contribution is -0.137. The summed E-state index contributed by atoms with van der Waals surface area (Å²) in [5.74, 6) is 0. The van der Waals surface area contributed by atoms with Gasteiger partial charge in [0, 0.05) is 51.3 Å². The monoisotopic (exact) mass is 392 g/mol. The van der Waals surface area contributed by atoms with Crippen LogP contribution >= 0.6 is 0 Å². The number of benzene rings is 1. The van der Waals surface area contributed by atoms with Crippen molar-refractivity contribution in [3.63, 3.8) is 0 Å². The Morgan fingerprint density at radius 3 is 2.11 bits per heavy atom. The molecule has 0 spiro atoms. The van der Waals surface area contributed by atoms with Crippen LogP contribution in [0, 0.1) is 0 Å². The number of piperidine rings is 2. The molecule has 0 amide bonds. The molecule has 2 aliphatic heterocycles. The summed E-state index contributed by atoms with van der Waals surface area (Å²) in [5.41, 5.74) is -2.29. The number of rotatable bonds is 3. The summed E-state index contributed by atoms with van der Waals surface area (Å²) in [6, 6.07) is 5.28. The molecule has 3 atom stereocenters. The molecule has 2 saturated heterocycles. The molecule has 9 heteroatoms. The highest BCUT2D eigenvalue weighted by Gasteiger charge is 2.42. The molecular weight excluding hydrogens is 368 g/mol. The summed E-state index contributed by atoms with van der Waals surface area (Å²) in [7, 11) is 0. The van der Waals surface area contributed by atoms with Crippen LogP contribution in [0.25, 0.3) is 0 Å². The molecule has 3 N–H and O–H groups in total. The number of aliphatic hydroxyl groups excluding tert-OH is 3. The van der Waals surface area contributed by atoms with Crippen molar-refractivity contribution in [1.82, 2.24) is 4.90 Å². The second-order valence-corrected chi connectivity index (χ2v) is 7.47. The SMILES string of the molecule is OC1[C@H](O)CN(CC2(F)CCN(c3ccccc3C(F)(F)F)CC2)C[C@@H]1O.